The van der Waals surface area contributed by atoms with Crippen LogP contribution in [-0.4, -0.2) is 17.9 Å². The van der Waals surface area contributed by atoms with Gasteiger partial charge in [-0.15, -0.1) is 0 Å². The Morgan fingerprint density at radius 1 is 1.45 bits per heavy atom. The van der Waals surface area contributed by atoms with Gasteiger partial charge in [0, 0.05) is 11.5 Å². The molecule has 0 heterocycles. The van der Waals surface area contributed by atoms with Crippen molar-refractivity contribution in [2.24, 2.45) is 5.92 Å². The number of ketones is 1. The monoisotopic (exact) mass is 155 g/mol. The molecule has 11 heavy (non-hydrogen) atoms. The molecule has 1 aliphatic carbocycles. The summed E-state index contributed by atoms with van der Waals surface area (Å²) in [4.78, 5) is 11.2. The van der Waals surface area contributed by atoms with Crippen molar-refractivity contribution in [2.45, 2.75) is 39.2 Å². The molecule has 2 heteroatoms. The first kappa shape index (κ1) is 8.72. The summed E-state index contributed by atoms with van der Waals surface area (Å²) in [6.07, 6.45) is 2.23. The quantitative estimate of drug-likeness (QED) is 0.666. The summed E-state index contributed by atoms with van der Waals surface area (Å²) in [6, 6.07) is 0. The van der Waals surface area contributed by atoms with Gasteiger partial charge in [-0.1, -0.05) is 0 Å². The highest BCUT2D eigenvalue weighted by Crippen LogP contribution is 2.29. The van der Waals surface area contributed by atoms with Crippen LogP contribution in [0.25, 0.3) is 0 Å². The van der Waals surface area contributed by atoms with Gasteiger partial charge < -0.3 is 5.32 Å². The van der Waals surface area contributed by atoms with E-state index in [0.29, 0.717) is 18.2 Å². The Labute approximate surface area is 68.4 Å². The molecule has 0 bridgehead atoms. The van der Waals surface area contributed by atoms with Crippen molar-refractivity contribution < 1.29 is 4.79 Å². The molecule has 1 aliphatic rings. The molecule has 1 fully saturated rings. The summed E-state index contributed by atoms with van der Waals surface area (Å²) in [6.45, 7) is 6.78. The summed E-state index contributed by atoms with van der Waals surface area (Å²) >= 11 is 0. The molecule has 0 aromatic heterocycles. The van der Waals surface area contributed by atoms with Crippen LogP contribution in [0, 0.1) is 5.92 Å². The van der Waals surface area contributed by atoms with Gasteiger partial charge in [0.15, 0.2) is 0 Å². The first-order valence-corrected chi connectivity index (χ1v) is 4.27. The number of hydrogen-bond donors (Lipinski definition) is 1. The summed E-state index contributed by atoms with van der Waals surface area (Å²) < 4.78 is 0. The Kier molecular flexibility index (Phi) is 2.33. The first-order chi connectivity index (χ1) is 4.99. The van der Waals surface area contributed by atoms with Crippen LogP contribution in [0.1, 0.15) is 33.6 Å². The molecule has 0 radical (unpaired) electrons. The summed E-state index contributed by atoms with van der Waals surface area (Å²) in [5.41, 5.74) is 0.0740. The highest BCUT2D eigenvalue weighted by atomic mass is 16.1. The fraction of sp³-hybridized carbons (Fsp3) is 0.889. The SMILES string of the molecule is CC(C)(C)NCC(=O)C1CC1. The number of Topliss-reactive ketones (excluding diaryl/α,β-unsaturated/α-hetero) is 1. The van der Waals surface area contributed by atoms with E-state index in [4.69, 9.17) is 0 Å². The van der Waals surface area contributed by atoms with E-state index < -0.39 is 0 Å². The summed E-state index contributed by atoms with van der Waals surface area (Å²) in [5, 5.41) is 3.19. The fourth-order valence-electron chi connectivity index (χ4n) is 0.902. The lowest BCUT2D eigenvalue weighted by Crippen LogP contribution is -2.39. The second-order valence-corrected chi connectivity index (χ2v) is 4.34. The van der Waals surface area contributed by atoms with Crippen molar-refractivity contribution in [1.82, 2.24) is 5.32 Å². The van der Waals surface area contributed by atoms with Gasteiger partial charge in [-0.05, 0) is 33.6 Å². The standard InChI is InChI=1S/C9H17NO/c1-9(2,3)10-6-8(11)7-4-5-7/h7,10H,4-6H2,1-3H3. The topological polar surface area (TPSA) is 29.1 Å². The van der Waals surface area contributed by atoms with Gasteiger partial charge in [0.1, 0.15) is 5.78 Å². The summed E-state index contributed by atoms with van der Waals surface area (Å²) in [7, 11) is 0. The van der Waals surface area contributed by atoms with Crippen molar-refractivity contribution in [3.8, 4) is 0 Å². The number of nitrogens with one attached hydrogen (secondary N) is 1. The third kappa shape index (κ3) is 3.51. The van der Waals surface area contributed by atoms with Crippen LogP contribution in [0.5, 0.6) is 0 Å². The fourth-order valence-corrected chi connectivity index (χ4v) is 0.902. The van der Waals surface area contributed by atoms with Gasteiger partial charge in [-0.25, -0.2) is 0 Å². The van der Waals surface area contributed by atoms with Crippen LogP contribution in [0.4, 0.5) is 0 Å². The minimum absolute atomic E-state index is 0.0740. The third-order valence-electron chi connectivity index (χ3n) is 1.83. The molecule has 1 N–H and O–H groups in total. The van der Waals surface area contributed by atoms with Crippen molar-refractivity contribution >= 4 is 5.78 Å². The van der Waals surface area contributed by atoms with E-state index >= 15 is 0 Å². The van der Waals surface area contributed by atoms with Gasteiger partial charge in [0.2, 0.25) is 0 Å². The lowest BCUT2D eigenvalue weighted by molar-refractivity contribution is -0.119. The molecular formula is C9H17NO. The van der Waals surface area contributed by atoms with E-state index in [1.807, 2.05) is 0 Å². The maximum atomic E-state index is 11.2. The Hall–Kier alpha value is -0.370. The molecule has 0 aromatic rings. The zero-order chi connectivity index (χ0) is 8.48. The molecule has 0 amide bonds. The second kappa shape index (κ2) is 2.94. The van der Waals surface area contributed by atoms with Crippen molar-refractivity contribution in [3.63, 3.8) is 0 Å². The Balaban J connectivity index is 2.16. The minimum atomic E-state index is 0.0740. The molecule has 0 saturated heterocycles. The van der Waals surface area contributed by atoms with Gasteiger partial charge in [-0.2, -0.15) is 0 Å². The molecule has 0 aromatic carbocycles. The Bertz CT molecular complexity index is 153. The smallest absolute Gasteiger partial charge is 0.149 e. The molecule has 0 aliphatic heterocycles. The molecule has 2 nitrogen and oxygen atoms in total. The van der Waals surface area contributed by atoms with Gasteiger partial charge in [0.25, 0.3) is 0 Å². The third-order valence-corrected chi connectivity index (χ3v) is 1.83. The number of hydrogen-bond acceptors (Lipinski definition) is 2. The lowest BCUT2D eigenvalue weighted by Gasteiger charge is -2.19. The van der Waals surface area contributed by atoms with Gasteiger partial charge >= 0.3 is 0 Å². The molecule has 64 valence electrons. The zero-order valence-electron chi connectivity index (χ0n) is 7.61. The van der Waals surface area contributed by atoms with Crippen LogP contribution in [0.2, 0.25) is 0 Å². The van der Waals surface area contributed by atoms with E-state index in [9.17, 15) is 4.79 Å². The first-order valence-electron chi connectivity index (χ1n) is 4.27. The normalized spacial score (nSPS) is 18.5. The number of carbonyl (C=O) groups is 1. The second-order valence-electron chi connectivity index (χ2n) is 4.34. The van der Waals surface area contributed by atoms with Crippen molar-refractivity contribution in [3.05, 3.63) is 0 Å². The molecule has 1 saturated carbocycles. The van der Waals surface area contributed by atoms with E-state index in [-0.39, 0.29) is 5.54 Å². The molecular weight excluding hydrogens is 138 g/mol. The highest BCUT2D eigenvalue weighted by Gasteiger charge is 2.29. The maximum Gasteiger partial charge on any atom is 0.149 e. The van der Waals surface area contributed by atoms with Crippen LogP contribution in [0.15, 0.2) is 0 Å². The number of carbonyl (C=O) groups excluding carboxylic acids is 1. The zero-order valence-corrected chi connectivity index (χ0v) is 7.61. The lowest BCUT2D eigenvalue weighted by atomic mass is 10.1. The van der Waals surface area contributed by atoms with Crippen molar-refractivity contribution in [2.75, 3.05) is 6.54 Å². The van der Waals surface area contributed by atoms with Crippen LogP contribution >= 0.6 is 0 Å². The molecule has 0 atom stereocenters. The van der Waals surface area contributed by atoms with Gasteiger partial charge in [0.05, 0.1) is 6.54 Å². The number of rotatable bonds is 3. The van der Waals surface area contributed by atoms with Crippen LogP contribution < -0.4 is 5.32 Å². The molecule has 1 rings (SSSR count). The van der Waals surface area contributed by atoms with Crippen molar-refractivity contribution in [1.29, 1.82) is 0 Å². The van der Waals surface area contributed by atoms with Crippen LogP contribution in [-0.2, 0) is 4.79 Å². The largest absolute Gasteiger partial charge is 0.305 e. The van der Waals surface area contributed by atoms with Gasteiger partial charge in [-0.3, -0.25) is 4.79 Å². The predicted molar refractivity (Wildman–Crippen MR) is 45.5 cm³/mol. The van der Waals surface area contributed by atoms with E-state index in [0.717, 1.165) is 12.8 Å². The predicted octanol–water partition coefficient (Wildman–Crippen LogP) is 1.35. The van der Waals surface area contributed by atoms with E-state index in [2.05, 4.69) is 26.1 Å². The Morgan fingerprint density at radius 3 is 2.36 bits per heavy atom. The summed E-state index contributed by atoms with van der Waals surface area (Å²) in [5.74, 6) is 0.782. The molecule has 0 spiro atoms. The average molecular weight is 155 g/mol. The van der Waals surface area contributed by atoms with Crippen LogP contribution in [0.3, 0.4) is 0 Å². The Morgan fingerprint density at radius 2 is 2.00 bits per heavy atom. The van der Waals surface area contributed by atoms with E-state index in [1.165, 1.54) is 0 Å². The molecule has 0 unspecified atom stereocenters. The highest BCUT2D eigenvalue weighted by molar-refractivity contribution is 5.85. The minimum Gasteiger partial charge on any atom is -0.305 e. The average Bonchev–Trinajstić information content (AvgIpc) is 2.61. The van der Waals surface area contributed by atoms with E-state index in [1.54, 1.807) is 0 Å². The maximum absolute atomic E-state index is 11.2.